The maximum absolute atomic E-state index is 5.94. The molecule has 2 aromatic carbocycles. The molecule has 0 spiro atoms. The number of benzene rings is 2. The summed E-state index contributed by atoms with van der Waals surface area (Å²) in [4.78, 5) is 4.33. The Kier molecular flexibility index (Phi) is 6.29. The third kappa shape index (κ3) is 6.47. The summed E-state index contributed by atoms with van der Waals surface area (Å²) in [7, 11) is 0. The molecule has 0 aliphatic heterocycles. The molecular formula is C20H25N3O2. The van der Waals surface area contributed by atoms with Gasteiger partial charge in [0.2, 0.25) is 0 Å². The lowest BCUT2D eigenvalue weighted by molar-refractivity contribution is 0.123. The molecule has 1 aliphatic carbocycles. The molecule has 5 heteroatoms. The molecule has 0 bridgehead atoms. The van der Waals surface area contributed by atoms with Crippen LogP contribution in [0.25, 0.3) is 0 Å². The average molecular weight is 339 g/mol. The van der Waals surface area contributed by atoms with Crippen LogP contribution in [0, 0.1) is 5.92 Å². The van der Waals surface area contributed by atoms with Gasteiger partial charge in [-0.2, -0.15) is 0 Å². The largest absolute Gasteiger partial charge is 0.457 e. The molecule has 1 aliphatic rings. The topological polar surface area (TPSA) is 68.9 Å². The summed E-state index contributed by atoms with van der Waals surface area (Å²) in [6.07, 6.45) is 3.52. The quantitative estimate of drug-likeness (QED) is 0.411. The average Bonchev–Trinajstić information content (AvgIpc) is 3.43. The fourth-order valence-electron chi connectivity index (χ4n) is 2.35. The molecular weight excluding hydrogens is 314 g/mol. The Morgan fingerprint density at radius 3 is 2.68 bits per heavy atom. The Bertz CT molecular complexity index is 684. The molecule has 132 valence electrons. The highest BCUT2D eigenvalue weighted by Crippen LogP contribution is 2.28. The maximum Gasteiger partial charge on any atom is 0.193 e. The number of rotatable bonds is 9. The minimum Gasteiger partial charge on any atom is -0.457 e. The third-order valence-electron chi connectivity index (χ3n) is 3.86. The van der Waals surface area contributed by atoms with Crippen LogP contribution in [0.3, 0.4) is 0 Å². The third-order valence-corrected chi connectivity index (χ3v) is 3.86. The molecule has 1 fully saturated rings. The number of hydrogen-bond donors (Lipinski definition) is 2. The predicted octanol–water partition coefficient (Wildman–Crippen LogP) is 4.02. The van der Waals surface area contributed by atoms with Gasteiger partial charge in [0.05, 0.1) is 0 Å². The highest BCUT2D eigenvalue weighted by molar-refractivity contribution is 5.92. The first-order valence-corrected chi connectivity index (χ1v) is 8.77. The van der Waals surface area contributed by atoms with E-state index in [1.807, 2.05) is 54.6 Å². The fraction of sp³-hybridized carbons (Fsp3) is 0.350. The van der Waals surface area contributed by atoms with Crippen molar-refractivity contribution in [2.24, 2.45) is 16.6 Å². The number of ether oxygens (including phenoxy) is 2. The van der Waals surface area contributed by atoms with Crippen molar-refractivity contribution in [1.82, 2.24) is 0 Å². The van der Waals surface area contributed by atoms with Crippen LogP contribution < -0.4 is 15.8 Å². The van der Waals surface area contributed by atoms with E-state index in [-0.39, 0.29) is 0 Å². The van der Waals surface area contributed by atoms with E-state index in [9.17, 15) is 0 Å². The van der Waals surface area contributed by atoms with Crippen molar-refractivity contribution in [3.8, 4) is 11.5 Å². The zero-order valence-corrected chi connectivity index (χ0v) is 14.4. The standard InChI is InChI=1S/C20H25N3O2/c21-20(22-12-5-13-24-15-16-10-11-16)23-17-6-4-9-19(14-17)25-18-7-2-1-3-8-18/h1-4,6-9,14,16H,5,10-13,15H2,(H3,21,22,23). The number of para-hydroxylation sites is 1. The molecule has 0 amide bonds. The van der Waals surface area contributed by atoms with Gasteiger partial charge in [0.15, 0.2) is 5.96 Å². The Morgan fingerprint density at radius 1 is 1.08 bits per heavy atom. The van der Waals surface area contributed by atoms with Gasteiger partial charge in [0.1, 0.15) is 11.5 Å². The SMILES string of the molecule is NC(=NCCCOCC1CC1)Nc1cccc(Oc2ccccc2)c1. The minimum atomic E-state index is 0.402. The number of aliphatic imine (C=N–C) groups is 1. The normalized spacial score (nSPS) is 14.3. The molecule has 0 saturated heterocycles. The lowest BCUT2D eigenvalue weighted by Crippen LogP contribution is -2.23. The van der Waals surface area contributed by atoms with E-state index in [0.29, 0.717) is 12.5 Å². The Hall–Kier alpha value is -2.53. The van der Waals surface area contributed by atoms with Crippen molar-refractivity contribution in [2.45, 2.75) is 19.3 Å². The highest BCUT2D eigenvalue weighted by Gasteiger charge is 2.20. The second-order valence-corrected chi connectivity index (χ2v) is 6.21. The summed E-state index contributed by atoms with van der Waals surface area (Å²) >= 11 is 0. The second-order valence-electron chi connectivity index (χ2n) is 6.21. The Labute approximate surface area is 148 Å². The first-order chi connectivity index (χ1) is 12.3. The van der Waals surface area contributed by atoms with E-state index in [0.717, 1.165) is 42.7 Å². The van der Waals surface area contributed by atoms with Crippen LogP contribution in [0.5, 0.6) is 11.5 Å². The number of nitrogens with two attached hydrogens (primary N) is 1. The van der Waals surface area contributed by atoms with Crippen LogP contribution in [-0.4, -0.2) is 25.7 Å². The predicted molar refractivity (Wildman–Crippen MR) is 101 cm³/mol. The van der Waals surface area contributed by atoms with E-state index in [4.69, 9.17) is 15.2 Å². The minimum absolute atomic E-state index is 0.402. The van der Waals surface area contributed by atoms with E-state index < -0.39 is 0 Å². The van der Waals surface area contributed by atoms with Crippen molar-refractivity contribution >= 4 is 11.6 Å². The molecule has 2 aromatic rings. The van der Waals surface area contributed by atoms with Crippen LogP contribution in [0.1, 0.15) is 19.3 Å². The van der Waals surface area contributed by atoms with Crippen LogP contribution >= 0.6 is 0 Å². The first-order valence-electron chi connectivity index (χ1n) is 8.77. The van der Waals surface area contributed by atoms with Crippen molar-refractivity contribution in [2.75, 3.05) is 25.1 Å². The zero-order chi connectivity index (χ0) is 17.3. The van der Waals surface area contributed by atoms with Gasteiger partial charge >= 0.3 is 0 Å². The fourth-order valence-corrected chi connectivity index (χ4v) is 2.35. The molecule has 0 radical (unpaired) electrons. The van der Waals surface area contributed by atoms with E-state index in [1.54, 1.807) is 0 Å². The summed E-state index contributed by atoms with van der Waals surface area (Å²) in [6.45, 7) is 2.29. The smallest absolute Gasteiger partial charge is 0.193 e. The van der Waals surface area contributed by atoms with Gasteiger partial charge < -0.3 is 20.5 Å². The van der Waals surface area contributed by atoms with E-state index in [2.05, 4.69) is 10.3 Å². The zero-order valence-electron chi connectivity index (χ0n) is 14.4. The highest BCUT2D eigenvalue weighted by atomic mass is 16.5. The molecule has 3 rings (SSSR count). The molecule has 0 unspecified atom stereocenters. The molecule has 25 heavy (non-hydrogen) atoms. The molecule has 5 nitrogen and oxygen atoms in total. The molecule has 0 atom stereocenters. The van der Waals surface area contributed by atoms with Crippen molar-refractivity contribution < 1.29 is 9.47 Å². The van der Waals surface area contributed by atoms with Gasteiger partial charge in [-0.25, -0.2) is 0 Å². The first kappa shape index (κ1) is 17.3. The van der Waals surface area contributed by atoms with Crippen LogP contribution in [0.4, 0.5) is 5.69 Å². The number of nitrogens with one attached hydrogen (secondary N) is 1. The van der Waals surface area contributed by atoms with Crippen LogP contribution in [0.2, 0.25) is 0 Å². The summed E-state index contributed by atoms with van der Waals surface area (Å²) in [5.74, 6) is 2.75. The van der Waals surface area contributed by atoms with Crippen LogP contribution in [-0.2, 0) is 4.74 Å². The summed E-state index contributed by atoms with van der Waals surface area (Å²) in [5.41, 5.74) is 6.79. The van der Waals surface area contributed by atoms with Crippen LogP contribution in [0.15, 0.2) is 59.6 Å². The van der Waals surface area contributed by atoms with E-state index >= 15 is 0 Å². The van der Waals surface area contributed by atoms with Gasteiger partial charge in [-0.05, 0) is 49.4 Å². The monoisotopic (exact) mass is 339 g/mol. The lowest BCUT2D eigenvalue weighted by Gasteiger charge is -2.09. The lowest BCUT2D eigenvalue weighted by atomic mass is 10.3. The van der Waals surface area contributed by atoms with Crippen molar-refractivity contribution in [3.05, 3.63) is 54.6 Å². The molecule has 0 heterocycles. The van der Waals surface area contributed by atoms with E-state index in [1.165, 1.54) is 12.8 Å². The molecule has 1 saturated carbocycles. The molecule has 0 aromatic heterocycles. The summed E-state index contributed by atoms with van der Waals surface area (Å²) in [5, 5.41) is 3.09. The number of guanidine groups is 1. The second kappa shape index (κ2) is 9.08. The molecule has 3 N–H and O–H groups in total. The van der Waals surface area contributed by atoms with Gasteiger partial charge in [-0.3, -0.25) is 4.99 Å². The van der Waals surface area contributed by atoms with Gasteiger partial charge in [0, 0.05) is 31.5 Å². The van der Waals surface area contributed by atoms with Crippen molar-refractivity contribution in [1.29, 1.82) is 0 Å². The van der Waals surface area contributed by atoms with Crippen molar-refractivity contribution in [3.63, 3.8) is 0 Å². The number of anilines is 1. The number of hydrogen-bond acceptors (Lipinski definition) is 3. The summed E-state index contributed by atoms with van der Waals surface area (Å²) in [6, 6.07) is 17.3. The van der Waals surface area contributed by atoms with Gasteiger partial charge in [-0.15, -0.1) is 0 Å². The maximum atomic E-state index is 5.94. The Morgan fingerprint density at radius 2 is 1.88 bits per heavy atom. The Balaban J connectivity index is 1.43. The number of nitrogens with zero attached hydrogens (tertiary/aromatic N) is 1. The van der Waals surface area contributed by atoms with Gasteiger partial charge in [0.25, 0.3) is 0 Å². The summed E-state index contributed by atoms with van der Waals surface area (Å²) < 4.78 is 11.4. The van der Waals surface area contributed by atoms with Gasteiger partial charge in [-0.1, -0.05) is 24.3 Å².